The molecule has 0 aromatic heterocycles. The molecule has 5 nitrogen and oxygen atoms in total. The van der Waals surface area contributed by atoms with E-state index in [9.17, 15) is 14.9 Å². The minimum absolute atomic E-state index is 0.0539. The van der Waals surface area contributed by atoms with E-state index in [4.69, 9.17) is 0 Å². The van der Waals surface area contributed by atoms with Gasteiger partial charge in [-0.2, -0.15) is 5.26 Å². The standard InChI is InChI=1S/C24H17BrN2O3S/c1-30-21(28)11-12-27-23-17-9-10-20(31-15-7-5-14(25)6-8-15)16-3-2-4-18(22(16)17)24(29)19(23)13-26/h2-10,27H,11-12H2,1H3. The first-order valence-electron chi connectivity index (χ1n) is 9.52. The predicted octanol–water partition coefficient (Wildman–Crippen LogP) is 5.34. The fourth-order valence-electron chi connectivity index (χ4n) is 3.56. The lowest BCUT2D eigenvalue weighted by Gasteiger charge is -2.22. The van der Waals surface area contributed by atoms with Gasteiger partial charge in [-0.15, -0.1) is 0 Å². The Morgan fingerprint density at radius 2 is 1.90 bits per heavy atom. The topological polar surface area (TPSA) is 79.2 Å². The van der Waals surface area contributed by atoms with Gasteiger partial charge in [0, 0.05) is 37.3 Å². The molecule has 7 heteroatoms. The number of carbonyl (C=O) groups is 2. The summed E-state index contributed by atoms with van der Waals surface area (Å²) in [5.74, 6) is -0.674. The van der Waals surface area contributed by atoms with Crippen LogP contribution in [0.25, 0.3) is 16.5 Å². The van der Waals surface area contributed by atoms with Crippen molar-refractivity contribution in [2.45, 2.75) is 16.2 Å². The Bertz CT molecular complexity index is 1280. The molecule has 3 aromatic rings. The number of methoxy groups -OCH3 is 1. The smallest absolute Gasteiger partial charge is 0.307 e. The van der Waals surface area contributed by atoms with E-state index in [0.29, 0.717) is 11.3 Å². The van der Waals surface area contributed by atoms with Crippen molar-refractivity contribution in [1.82, 2.24) is 5.32 Å². The molecule has 0 amide bonds. The molecule has 0 heterocycles. The Balaban J connectivity index is 1.79. The van der Waals surface area contributed by atoms with Crippen LogP contribution in [0.2, 0.25) is 0 Å². The fourth-order valence-corrected chi connectivity index (χ4v) is 4.77. The highest BCUT2D eigenvalue weighted by molar-refractivity contribution is 9.10. The molecule has 0 saturated carbocycles. The molecule has 0 saturated heterocycles. The minimum Gasteiger partial charge on any atom is -0.469 e. The lowest BCUT2D eigenvalue weighted by Crippen LogP contribution is -2.24. The average molecular weight is 493 g/mol. The first kappa shape index (κ1) is 21.2. The maximum Gasteiger partial charge on any atom is 0.307 e. The fraction of sp³-hybridized carbons (Fsp3) is 0.125. The Kier molecular flexibility index (Phi) is 6.12. The third-order valence-electron chi connectivity index (χ3n) is 5.00. The second-order valence-corrected chi connectivity index (χ2v) is 8.87. The highest BCUT2D eigenvalue weighted by atomic mass is 79.9. The minimum atomic E-state index is -0.361. The third-order valence-corrected chi connectivity index (χ3v) is 6.62. The van der Waals surface area contributed by atoms with Gasteiger partial charge in [-0.3, -0.25) is 9.59 Å². The van der Waals surface area contributed by atoms with E-state index in [2.05, 4.69) is 26.0 Å². The Morgan fingerprint density at radius 3 is 2.61 bits per heavy atom. The molecule has 0 spiro atoms. The summed E-state index contributed by atoms with van der Waals surface area (Å²) in [5, 5.41) is 14.5. The molecule has 4 rings (SSSR count). The zero-order chi connectivity index (χ0) is 22.0. The molecule has 0 radical (unpaired) electrons. The average Bonchev–Trinajstić information content (AvgIpc) is 2.79. The number of hydrogen-bond acceptors (Lipinski definition) is 6. The van der Waals surface area contributed by atoms with E-state index >= 15 is 0 Å². The van der Waals surface area contributed by atoms with E-state index in [-0.39, 0.29) is 30.3 Å². The number of rotatable bonds is 6. The second kappa shape index (κ2) is 8.96. The number of esters is 1. The number of ketones is 1. The number of allylic oxidation sites excluding steroid dienone is 1. The largest absolute Gasteiger partial charge is 0.469 e. The Hall–Kier alpha value is -3.08. The van der Waals surface area contributed by atoms with E-state index in [1.165, 1.54) is 7.11 Å². The zero-order valence-electron chi connectivity index (χ0n) is 16.6. The van der Waals surface area contributed by atoms with Crippen molar-refractivity contribution in [1.29, 1.82) is 5.26 Å². The van der Waals surface area contributed by atoms with Crippen molar-refractivity contribution in [2.24, 2.45) is 0 Å². The summed E-state index contributed by atoms with van der Waals surface area (Å²) in [7, 11) is 1.33. The number of nitriles is 1. The Morgan fingerprint density at radius 1 is 1.13 bits per heavy atom. The molecule has 0 bridgehead atoms. The van der Waals surface area contributed by atoms with Crippen molar-refractivity contribution < 1.29 is 14.3 Å². The third kappa shape index (κ3) is 4.09. The quantitative estimate of drug-likeness (QED) is 0.468. The van der Waals surface area contributed by atoms with Gasteiger partial charge in [0.25, 0.3) is 0 Å². The second-order valence-electron chi connectivity index (χ2n) is 6.84. The summed E-state index contributed by atoms with van der Waals surface area (Å²) in [5.41, 5.74) is 1.81. The lowest BCUT2D eigenvalue weighted by atomic mass is 9.86. The normalized spacial score (nSPS) is 12.6. The Labute approximate surface area is 192 Å². The molecular weight excluding hydrogens is 476 g/mol. The van der Waals surface area contributed by atoms with Crippen LogP contribution in [0.1, 0.15) is 22.3 Å². The number of nitrogens with zero attached hydrogens (tertiary/aromatic N) is 1. The van der Waals surface area contributed by atoms with Gasteiger partial charge >= 0.3 is 5.97 Å². The van der Waals surface area contributed by atoms with Crippen LogP contribution in [0.3, 0.4) is 0 Å². The van der Waals surface area contributed by atoms with Crippen LogP contribution in [0.15, 0.2) is 74.4 Å². The molecule has 154 valence electrons. The maximum atomic E-state index is 13.1. The summed E-state index contributed by atoms with van der Waals surface area (Å²) < 4.78 is 5.69. The molecule has 0 aliphatic heterocycles. The highest BCUT2D eigenvalue weighted by Crippen LogP contribution is 2.41. The molecule has 3 aromatic carbocycles. The molecule has 1 aliphatic carbocycles. The van der Waals surface area contributed by atoms with Crippen molar-refractivity contribution in [3.05, 3.63) is 75.8 Å². The van der Waals surface area contributed by atoms with Crippen molar-refractivity contribution in [3.8, 4) is 6.07 Å². The first-order valence-corrected chi connectivity index (χ1v) is 11.1. The van der Waals surface area contributed by atoms with Crippen LogP contribution in [-0.2, 0) is 9.53 Å². The molecular formula is C24H17BrN2O3S. The van der Waals surface area contributed by atoms with Gasteiger partial charge in [0.15, 0.2) is 0 Å². The van der Waals surface area contributed by atoms with E-state index in [1.54, 1.807) is 17.8 Å². The maximum absolute atomic E-state index is 13.1. The predicted molar refractivity (Wildman–Crippen MR) is 124 cm³/mol. The van der Waals surface area contributed by atoms with Gasteiger partial charge in [-0.1, -0.05) is 52.0 Å². The zero-order valence-corrected chi connectivity index (χ0v) is 19.0. The van der Waals surface area contributed by atoms with Gasteiger partial charge in [0.1, 0.15) is 11.6 Å². The molecule has 0 fully saturated rings. The van der Waals surface area contributed by atoms with Crippen molar-refractivity contribution in [2.75, 3.05) is 13.7 Å². The van der Waals surface area contributed by atoms with E-state index in [0.717, 1.165) is 30.6 Å². The lowest BCUT2D eigenvalue weighted by molar-refractivity contribution is -0.140. The molecule has 1 aliphatic rings. The van der Waals surface area contributed by atoms with Crippen LogP contribution in [0.5, 0.6) is 0 Å². The van der Waals surface area contributed by atoms with Crippen molar-refractivity contribution in [3.63, 3.8) is 0 Å². The van der Waals surface area contributed by atoms with Crippen LogP contribution in [0, 0.1) is 11.3 Å². The van der Waals surface area contributed by atoms with Gasteiger partial charge in [0.05, 0.1) is 19.2 Å². The van der Waals surface area contributed by atoms with Gasteiger partial charge in [-0.05, 0) is 35.7 Å². The highest BCUT2D eigenvalue weighted by Gasteiger charge is 2.28. The molecule has 0 atom stereocenters. The summed E-state index contributed by atoms with van der Waals surface area (Å²) in [6.07, 6.45) is 0.134. The summed E-state index contributed by atoms with van der Waals surface area (Å²) in [4.78, 5) is 26.7. The summed E-state index contributed by atoms with van der Waals surface area (Å²) in [6.45, 7) is 0.263. The van der Waals surface area contributed by atoms with Gasteiger partial charge in [0.2, 0.25) is 5.78 Å². The molecule has 31 heavy (non-hydrogen) atoms. The van der Waals surface area contributed by atoms with Crippen LogP contribution < -0.4 is 5.32 Å². The monoisotopic (exact) mass is 492 g/mol. The number of benzene rings is 3. The van der Waals surface area contributed by atoms with Crippen molar-refractivity contribution >= 4 is 55.9 Å². The van der Waals surface area contributed by atoms with Gasteiger partial charge in [-0.25, -0.2) is 0 Å². The van der Waals surface area contributed by atoms with E-state index < -0.39 is 0 Å². The summed E-state index contributed by atoms with van der Waals surface area (Å²) in [6, 6.07) is 19.6. The molecule has 1 N–H and O–H groups in total. The first-order chi connectivity index (χ1) is 15.0. The van der Waals surface area contributed by atoms with Gasteiger partial charge < -0.3 is 10.1 Å². The van der Waals surface area contributed by atoms with Crippen LogP contribution >= 0.6 is 27.7 Å². The van der Waals surface area contributed by atoms with Crippen LogP contribution in [0.4, 0.5) is 0 Å². The number of halogens is 1. The molecule has 0 unspecified atom stereocenters. The van der Waals surface area contributed by atoms with E-state index in [1.807, 2.05) is 54.6 Å². The number of Topliss-reactive ketones (excluding diaryl/α,β-unsaturated/α-hetero) is 1. The number of ether oxygens (including phenoxy) is 1. The number of hydrogen-bond donors (Lipinski definition) is 1. The van der Waals surface area contributed by atoms with Crippen LogP contribution in [-0.4, -0.2) is 25.4 Å². The SMILES string of the molecule is COC(=O)CCNC1=C(C#N)C(=O)c2cccc3c(Sc4ccc(Br)cc4)ccc1c23. The summed E-state index contributed by atoms with van der Waals surface area (Å²) >= 11 is 5.07. The number of carbonyl (C=O) groups excluding carboxylic acids is 2. The number of nitrogens with one attached hydrogen (secondary N) is 1.